The largest absolute Gasteiger partial charge is 0.482 e. The Balaban J connectivity index is 1.70. The van der Waals surface area contributed by atoms with Crippen molar-refractivity contribution >= 4 is 23.2 Å². The molecule has 1 fully saturated rings. The maximum Gasteiger partial charge on any atom is 0.265 e. The number of morpholine rings is 1. The number of carbonyl (C=O) groups is 2. The Bertz CT molecular complexity index is 656. The SMILES string of the molecule is CC(C)CC(=O)Nc1ccc2c(c1)N(CCN1CCOCC1)C(=O)CO2. The fourth-order valence-corrected chi connectivity index (χ4v) is 3.17. The minimum Gasteiger partial charge on any atom is -0.482 e. The number of rotatable bonds is 6. The van der Waals surface area contributed by atoms with Gasteiger partial charge >= 0.3 is 0 Å². The molecule has 26 heavy (non-hydrogen) atoms. The van der Waals surface area contributed by atoms with Gasteiger partial charge in [0.2, 0.25) is 5.91 Å². The molecule has 0 spiro atoms. The number of anilines is 2. The Labute approximate surface area is 154 Å². The number of hydrogen-bond donors (Lipinski definition) is 1. The maximum atomic E-state index is 12.4. The summed E-state index contributed by atoms with van der Waals surface area (Å²) in [7, 11) is 0. The average Bonchev–Trinajstić information content (AvgIpc) is 2.61. The number of nitrogens with one attached hydrogen (secondary N) is 1. The van der Waals surface area contributed by atoms with Gasteiger partial charge in [0, 0.05) is 38.3 Å². The Morgan fingerprint density at radius 1 is 1.23 bits per heavy atom. The van der Waals surface area contributed by atoms with Crippen molar-refractivity contribution in [1.82, 2.24) is 4.90 Å². The van der Waals surface area contributed by atoms with Gasteiger partial charge in [-0.1, -0.05) is 13.8 Å². The minimum atomic E-state index is -0.0589. The van der Waals surface area contributed by atoms with Crippen LogP contribution in [0.25, 0.3) is 0 Å². The smallest absolute Gasteiger partial charge is 0.265 e. The molecule has 7 nitrogen and oxygen atoms in total. The monoisotopic (exact) mass is 361 g/mol. The van der Waals surface area contributed by atoms with Crippen molar-refractivity contribution in [2.24, 2.45) is 5.92 Å². The van der Waals surface area contributed by atoms with E-state index in [4.69, 9.17) is 9.47 Å². The van der Waals surface area contributed by atoms with Gasteiger partial charge in [0.1, 0.15) is 5.75 Å². The lowest BCUT2D eigenvalue weighted by molar-refractivity contribution is -0.121. The van der Waals surface area contributed by atoms with Gasteiger partial charge < -0.3 is 19.7 Å². The van der Waals surface area contributed by atoms with E-state index < -0.39 is 0 Å². The first-order chi connectivity index (χ1) is 12.5. The van der Waals surface area contributed by atoms with Crippen molar-refractivity contribution in [3.05, 3.63) is 18.2 Å². The van der Waals surface area contributed by atoms with Crippen LogP contribution in [0.2, 0.25) is 0 Å². The number of benzene rings is 1. The molecule has 0 saturated carbocycles. The Hall–Kier alpha value is -2.12. The summed E-state index contributed by atoms with van der Waals surface area (Å²) in [4.78, 5) is 28.5. The fraction of sp³-hybridized carbons (Fsp3) is 0.579. The summed E-state index contributed by atoms with van der Waals surface area (Å²) in [6.45, 7) is 8.69. The molecule has 0 aliphatic carbocycles. The number of fused-ring (bicyclic) bond motifs is 1. The van der Waals surface area contributed by atoms with Crippen molar-refractivity contribution in [2.75, 3.05) is 56.2 Å². The molecule has 0 aromatic heterocycles. The summed E-state index contributed by atoms with van der Waals surface area (Å²) >= 11 is 0. The van der Waals surface area contributed by atoms with E-state index in [2.05, 4.69) is 10.2 Å². The van der Waals surface area contributed by atoms with Crippen molar-refractivity contribution in [3.8, 4) is 5.75 Å². The van der Waals surface area contributed by atoms with Gasteiger partial charge in [-0.15, -0.1) is 0 Å². The van der Waals surface area contributed by atoms with Crippen LogP contribution < -0.4 is 15.0 Å². The summed E-state index contributed by atoms with van der Waals surface area (Å²) in [5.74, 6) is 0.885. The molecule has 1 saturated heterocycles. The first-order valence-electron chi connectivity index (χ1n) is 9.20. The molecule has 2 aliphatic heterocycles. The summed E-state index contributed by atoms with van der Waals surface area (Å²) in [5.41, 5.74) is 1.40. The van der Waals surface area contributed by atoms with E-state index in [1.807, 2.05) is 32.0 Å². The lowest BCUT2D eigenvalue weighted by Gasteiger charge is -2.33. The van der Waals surface area contributed by atoms with Crippen molar-refractivity contribution in [2.45, 2.75) is 20.3 Å². The molecule has 0 unspecified atom stereocenters. The molecule has 7 heteroatoms. The highest BCUT2D eigenvalue weighted by molar-refractivity contribution is 5.99. The van der Waals surface area contributed by atoms with Crippen LogP contribution in [-0.4, -0.2) is 62.7 Å². The number of nitrogens with zero attached hydrogens (tertiary/aromatic N) is 2. The first kappa shape index (κ1) is 18.7. The standard InChI is InChI=1S/C19H27N3O4/c1-14(2)11-18(23)20-15-3-4-17-16(12-15)22(19(24)13-26-17)6-5-21-7-9-25-10-8-21/h3-4,12,14H,5-11,13H2,1-2H3,(H,20,23). The van der Waals surface area contributed by atoms with Crippen LogP contribution in [0.15, 0.2) is 18.2 Å². The van der Waals surface area contributed by atoms with Crippen molar-refractivity contribution in [3.63, 3.8) is 0 Å². The van der Waals surface area contributed by atoms with E-state index in [0.29, 0.717) is 30.3 Å². The van der Waals surface area contributed by atoms with E-state index in [1.54, 1.807) is 4.90 Å². The third-order valence-corrected chi connectivity index (χ3v) is 4.52. The Kier molecular flexibility index (Phi) is 6.11. The highest BCUT2D eigenvalue weighted by Gasteiger charge is 2.26. The third kappa shape index (κ3) is 4.74. The van der Waals surface area contributed by atoms with Gasteiger partial charge in [-0.3, -0.25) is 14.5 Å². The molecule has 3 rings (SSSR count). The zero-order chi connectivity index (χ0) is 18.5. The van der Waals surface area contributed by atoms with E-state index in [-0.39, 0.29) is 18.4 Å². The molecular formula is C19H27N3O4. The second-order valence-corrected chi connectivity index (χ2v) is 7.12. The van der Waals surface area contributed by atoms with Gasteiger partial charge in [0.25, 0.3) is 5.91 Å². The third-order valence-electron chi connectivity index (χ3n) is 4.52. The van der Waals surface area contributed by atoms with Gasteiger partial charge in [-0.05, 0) is 24.1 Å². The summed E-state index contributed by atoms with van der Waals surface area (Å²) in [6, 6.07) is 5.45. The van der Waals surface area contributed by atoms with E-state index in [9.17, 15) is 9.59 Å². The molecule has 1 aromatic carbocycles. The molecule has 1 aromatic rings. The molecule has 2 heterocycles. The number of hydrogen-bond acceptors (Lipinski definition) is 5. The van der Waals surface area contributed by atoms with E-state index in [0.717, 1.165) is 38.5 Å². The number of amides is 2. The summed E-state index contributed by atoms with van der Waals surface area (Å²) in [6.07, 6.45) is 0.466. The van der Waals surface area contributed by atoms with Gasteiger partial charge in [0.05, 0.1) is 18.9 Å². The van der Waals surface area contributed by atoms with Gasteiger partial charge in [-0.2, -0.15) is 0 Å². The van der Waals surface area contributed by atoms with E-state index in [1.165, 1.54) is 0 Å². The quantitative estimate of drug-likeness (QED) is 0.836. The number of ether oxygens (including phenoxy) is 2. The Morgan fingerprint density at radius 3 is 2.73 bits per heavy atom. The van der Waals surface area contributed by atoms with Crippen LogP contribution in [-0.2, 0) is 14.3 Å². The highest BCUT2D eigenvalue weighted by Crippen LogP contribution is 2.34. The summed E-state index contributed by atoms with van der Waals surface area (Å²) in [5, 5.41) is 2.90. The minimum absolute atomic E-state index is 0.0251. The van der Waals surface area contributed by atoms with Crippen LogP contribution in [0, 0.1) is 5.92 Å². The lowest BCUT2D eigenvalue weighted by Crippen LogP contribution is -2.45. The van der Waals surface area contributed by atoms with Crippen molar-refractivity contribution in [1.29, 1.82) is 0 Å². The van der Waals surface area contributed by atoms with Gasteiger partial charge in [-0.25, -0.2) is 0 Å². The first-order valence-corrected chi connectivity index (χ1v) is 9.20. The molecular weight excluding hydrogens is 334 g/mol. The lowest BCUT2D eigenvalue weighted by atomic mass is 10.1. The Morgan fingerprint density at radius 2 is 2.00 bits per heavy atom. The fourth-order valence-electron chi connectivity index (χ4n) is 3.17. The normalized spacial score (nSPS) is 17.8. The topological polar surface area (TPSA) is 71.1 Å². The zero-order valence-electron chi connectivity index (χ0n) is 15.5. The van der Waals surface area contributed by atoms with E-state index >= 15 is 0 Å². The molecule has 2 amide bonds. The van der Waals surface area contributed by atoms with Crippen LogP contribution in [0.4, 0.5) is 11.4 Å². The van der Waals surface area contributed by atoms with Crippen LogP contribution in [0.5, 0.6) is 5.75 Å². The van der Waals surface area contributed by atoms with Crippen LogP contribution in [0.3, 0.4) is 0 Å². The second-order valence-electron chi connectivity index (χ2n) is 7.12. The highest BCUT2D eigenvalue weighted by atomic mass is 16.5. The zero-order valence-corrected chi connectivity index (χ0v) is 15.5. The molecule has 1 N–H and O–H groups in total. The van der Waals surface area contributed by atoms with Crippen LogP contribution in [0.1, 0.15) is 20.3 Å². The molecule has 0 atom stereocenters. The molecule has 0 bridgehead atoms. The maximum absolute atomic E-state index is 12.4. The summed E-state index contributed by atoms with van der Waals surface area (Å²) < 4.78 is 10.9. The molecule has 142 valence electrons. The predicted octanol–water partition coefficient (Wildman–Crippen LogP) is 1.73. The average molecular weight is 361 g/mol. The molecule has 0 radical (unpaired) electrons. The predicted molar refractivity (Wildman–Crippen MR) is 99.6 cm³/mol. The van der Waals surface area contributed by atoms with Gasteiger partial charge in [0.15, 0.2) is 6.61 Å². The number of carbonyl (C=O) groups excluding carboxylic acids is 2. The second kappa shape index (κ2) is 8.51. The van der Waals surface area contributed by atoms with Crippen LogP contribution >= 0.6 is 0 Å². The van der Waals surface area contributed by atoms with Crippen molar-refractivity contribution < 1.29 is 19.1 Å². The molecule has 2 aliphatic rings.